The molecule has 4 N–H and O–H groups in total. The van der Waals surface area contributed by atoms with Crippen LogP contribution in [0, 0.1) is 11.8 Å². The molecule has 36 heavy (non-hydrogen) atoms. The van der Waals surface area contributed by atoms with Crippen molar-refractivity contribution in [3.8, 4) is 28.7 Å². The third-order valence-corrected chi connectivity index (χ3v) is 5.86. The second kappa shape index (κ2) is 11.7. The lowest BCUT2D eigenvalue weighted by atomic mass is 10.0. The van der Waals surface area contributed by atoms with Gasteiger partial charge in [-0.1, -0.05) is 36.1 Å². The first-order chi connectivity index (χ1) is 17.5. The standard InChI is InChI=1S/C27H30N4O5/c1-19(34)26-28-12-14-31(26)23(18-33)9-4-20-2-5-21(6-3-20)22-7-10-24(11-8-22)36-25-16-30(17-25)27(35)29-13-15-32/h2-3,5-8,10-12,14,19,23,25,32-34H,13,15-18H2,1H3,(H,29,35)/t19-,23-/m0/s1. The minimum absolute atomic E-state index is 0.0460. The van der Waals surface area contributed by atoms with Crippen LogP contribution in [0.5, 0.6) is 5.75 Å². The van der Waals surface area contributed by atoms with E-state index in [1.54, 1.807) is 28.8 Å². The molecule has 2 aromatic carbocycles. The zero-order valence-corrected chi connectivity index (χ0v) is 20.0. The fourth-order valence-corrected chi connectivity index (χ4v) is 3.90. The van der Waals surface area contributed by atoms with Crippen molar-refractivity contribution in [3.63, 3.8) is 0 Å². The quantitative estimate of drug-likeness (QED) is 0.359. The molecule has 2 amide bonds. The van der Waals surface area contributed by atoms with Crippen molar-refractivity contribution in [2.45, 2.75) is 25.2 Å². The monoisotopic (exact) mass is 490 g/mol. The van der Waals surface area contributed by atoms with Crippen LogP contribution in [0.25, 0.3) is 11.1 Å². The number of urea groups is 1. The first-order valence-corrected chi connectivity index (χ1v) is 11.8. The molecule has 1 aromatic heterocycles. The highest BCUT2D eigenvalue weighted by Gasteiger charge is 2.32. The molecule has 1 aliphatic rings. The van der Waals surface area contributed by atoms with Crippen LogP contribution < -0.4 is 10.1 Å². The van der Waals surface area contributed by atoms with Crippen molar-refractivity contribution in [3.05, 3.63) is 72.3 Å². The van der Waals surface area contributed by atoms with Crippen molar-refractivity contribution < 1.29 is 24.9 Å². The van der Waals surface area contributed by atoms with Crippen molar-refractivity contribution in [1.82, 2.24) is 19.8 Å². The number of aliphatic hydroxyl groups excluding tert-OH is 3. The van der Waals surface area contributed by atoms with Crippen molar-refractivity contribution in [2.24, 2.45) is 0 Å². The molecule has 3 aromatic rings. The van der Waals surface area contributed by atoms with Crippen LogP contribution in [0.3, 0.4) is 0 Å². The Morgan fingerprint density at radius 1 is 1.14 bits per heavy atom. The first kappa shape index (κ1) is 25.3. The summed E-state index contributed by atoms with van der Waals surface area (Å²) in [7, 11) is 0. The van der Waals surface area contributed by atoms with E-state index in [4.69, 9.17) is 9.84 Å². The van der Waals surface area contributed by atoms with E-state index in [2.05, 4.69) is 22.1 Å². The Balaban J connectivity index is 1.33. The number of ether oxygens (including phenoxy) is 1. The number of nitrogens with one attached hydrogen (secondary N) is 1. The summed E-state index contributed by atoms with van der Waals surface area (Å²) in [5.74, 6) is 7.35. The van der Waals surface area contributed by atoms with Gasteiger partial charge in [0.2, 0.25) is 0 Å². The number of aliphatic hydroxyl groups is 3. The number of benzene rings is 2. The van der Waals surface area contributed by atoms with Crippen molar-refractivity contribution in [2.75, 3.05) is 32.8 Å². The summed E-state index contributed by atoms with van der Waals surface area (Å²) < 4.78 is 7.62. The predicted octanol–water partition coefficient (Wildman–Crippen LogP) is 1.95. The molecule has 4 rings (SSSR count). The van der Waals surface area contributed by atoms with Gasteiger partial charge >= 0.3 is 6.03 Å². The molecule has 0 aliphatic carbocycles. The topological polar surface area (TPSA) is 120 Å². The molecule has 1 aliphatic heterocycles. The molecular weight excluding hydrogens is 460 g/mol. The number of imidazole rings is 1. The lowest BCUT2D eigenvalue weighted by molar-refractivity contribution is 0.0441. The molecule has 0 unspecified atom stereocenters. The molecule has 1 saturated heterocycles. The van der Waals surface area contributed by atoms with E-state index in [9.17, 15) is 15.0 Å². The van der Waals surface area contributed by atoms with Crippen LogP contribution in [-0.2, 0) is 0 Å². The zero-order chi connectivity index (χ0) is 25.5. The molecule has 2 heterocycles. The van der Waals surface area contributed by atoms with Gasteiger partial charge in [0, 0.05) is 24.5 Å². The van der Waals surface area contributed by atoms with Gasteiger partial charge in [0.15, 0.2) is 0 Å². The van der Waals surface area contributed by atoms with E-state index < -0.39 is 12.1 Å². The number of likely N-dealkylation sites (tertiary alicyclic amines) is 1. The molecule has 0 bridgehead atoms. The molecule has 0 saturated carbocycles. The minimum Gasteiger partial charge on any atom is -0.487 e. The number of carbonyl (C=O) groups is 1. The van der Waals surface area contributed by atoms with E-state index in [1.165, 1.54) is 0 Å². The number of nitrogens with zero attached hydrogens (tertiary/aromatic N) is 3. The third-order valence-electron chi connectivity index (χ3n) is 5.86. The number of amides is 2. The Labute approximate surface area is 210 Å². The molecule has 9 nitrogen and oxygen atoms in total. The molecule has 0 radical (unpaired) electrons. The maximum Gasteiger partial charge on any atom is 0.317 e. The SMILES string of the molecule is C[C@H](O)c1nccn1[C@@H](C#Cc1ccc(-c2ccc(OC3CN(C(=O)NCCO)C3)cc2)cc1)CO. The van der Waals surface area contributed by atoms with Crippen molar-refractivity contribution >= 4 is 6.03 Å². The van der Waals surface area contributed by atoms with Crippen molar-refractivity contribution in [1.29, 1.82) is 0 Å². The number of hydrogen-bond acceptors (Lipinski definition) is 6. The number of hydrogen-bond donors (Lipinski definition) is 4. The highest BCUT2D eigenvalue weighted by atomic mass is 16.5. The summed E-state index contributed by atoms with van der Waals surface area (Å²) in [4.78, 5) is 17.6. The lowest BCUT2D eigenvalue weighted by Crippen LogP contribution is -2.59. The van der Waals surface area contributed by atoms with Crippen LogP contribution >= 0.6 is 0 Å². The fourth-order valence-electron chi connectivity index (χ4n) is 3.90. The highest BCUT2D eigenvalue weighted by molar-refractivity contribution is 5.75. The Bertz CT molecular complexity index is 1210. The summed E-state index contributed by atoms with van der Waals surface area (Å²) in [6.45, 7) is 2.63. The molecule has 0 spiro atoms. The van der Waals surface area contributed by atoms with Gasteiger partial charge in [-0.05, 0) is 42.3 Å². The first-order valence-electron chi connectivity index (χ1n) is 11.8. The van der Waals surface area contributed by atoms with Gasteiger partial charge in [-0.25, -0.2) is 9.78 Å². The highest BCUT2D eigenvalue weighted by Crippen LogP contribution is 2.25. The van der Waals surface area contributed by atoms with Gasteiger partial charge in [0.25, 0.3) is 0 Å². The molecule has 2 atom stereocenters. The van der Waals surface area contributed by atoms with E-state index in [0.29, 0.717) is 18.9 Å². The summed E-state index contributed by atoms with van der Waals surface area (Å²) in [5, 5.41) is 31.0. The second-order valence-corrected chi connectivity index (χ2v) is 8.54. The summed E-state index contributed by atoms with van der Waals surface area (Å²) in [6, 6.07) is 14.9. The van der Waals surface area contributed by atoms with E-state index >= 15 is 0 Å². The molecule has 188 valence electrons. The third kappa shape index (κ3) is 6.04. The largest absolute Gasteiger partial charge is 0.487 e. The van der Waals surface area contributed by atoms with Gasteiger partial charge in [-0.15, -0.1) is 0 Å². The van der Waals surface area contributed by atoms with Crippen LogP contribution in [0.4, 0.5) is 4.79 Å². The summed E-state index contributed by atoms with van der Waals surface area (Å²) in [5.41, 5.74) is 2.88. The Morgan fingerprint density at radius 2 is 1.81 bits per heavy atom. The molecule has 1 fully saturated rings. The number of rotatable bonds is 8. The zero-order valence-electron chi connectivity index (χ0n) is 20.0. The van der Waals surface area contributed by atoms with Crippen LogP contribution in [0.15, 0.2) is 60.9 Å². The number of aromatic nitrogens is 2. The van der Waals surface area contributed by atoms with Crippen LogP contribution in [0.2, 0.25) is 0 Å². The van der Waals surface area contributed by atoms with E-state index in [0.717, 1.165) is 22.4 Å². The Kier molecular flexibility index (Phi) is 8.23. The maximum atomic E-state index is 11.8. The fraction of sp³-hybridized carbons (Fsp3) is 0.333. The van der Waals surface area contributed by atoms with Gasteiger partial charge in [-0.3, -0.25) is 0 Å². The van der Waals surface area contributed by atoms with Gasteiger partial charge in [0.1, 0.15) is 29.8 Å². The van der Waals surface area contributed by atoms with E-state index in [-0.39, 0.29) is 31.9 Å². The summed E-state index contributed by atoms with van der Waals surface area (Å²) in [6.07, 6.45) is 2.48. The van der Waals surface area contributed by atoms with Gasteiger partial charge in [0.05, 0.1) is 26.3 Å². The average Bonchev–Trinajstić information content (AvgIpc) is 3.36. The van der Waals surface area contributed by atoms with E-state index in [1.807, 2.05) is 48.5 Å². The molecule has 9 heteroatoms. The predicted molar refractivity (Wildman–Crippen MR) is 134 cm³/mol. The lowest BCUT2D eigenvalue weighted by Gasteiger charge is -2.38. The second-order valence-electron chi connectivity index (χ2n) is 8.54. The molecular formula is C27H30N4O5. The maximum absolute atomic E-state index is 11.8. The average molecular weight is 491 g/mol. The normalized spacial score (nSPS) is 14.8. The van der Waals surface area contributed by atoms with Gasteiger partial charge in [-0.2, -0.15) is 0 Å². The smallest absolute Gasteiger partial charge is 0.317 e. The Hall–Kier alpha value is -3.84. The van der Waals surface area contributed by atoms with Gasteiger partial charge < -0.3 is 34.8 Å². The minimum atomic E-state index is -0.751. The Morgan fingerprint density at radius 3 is 2.42 bits per heavy atom. The number of carbonyl (C=O) groups excluding carboxylic acids is 1. The van der Waals surface area contributed by atoms with Crippen LogP contribution in [-0.4, -0.2) is 74.8 Å². The summed E-state index contributed by atoms with van der Waals surface area (Å²) >= 11 is 0. The van der Waals surface area contributed by atoms with Crippen LogP contribution in [0.1, 0.15) is 30.5 Å².